The highest BCUT2D eigenvalue weighted by Crippen LogP contribution is 2.26. The maximum absolute atomic E-state index is 12.4. The Labute approximate surface area is 157 Å². The Hall–Kier alpha value is -3.76. The average molecular weight is 395 g/mol. The first-order chi connectivity index (χ1) is 13.2. The summed E-state index contributed by atoms with van der Waals surface area (Å²) in [5.74, 6) is -2.16. The number of nitro groups is 1. The summed E-state index contributed by atoms with van der Waals surface area (Å²) < 4.78 is 34.1. The van der Waals surface area contributed by atoms with Crippen molar-refractivity contribution < 1.29 is 32.8 Å². The summed E-state index contributed by atoms with van der Waals surface area (Å²) in [5, 5.41) is 13.1. The molecule has 0 saturated carbocycles. The van der Waals surface area contributed by atoms with Gasteiger partial charge in [0.15, 0.2) is 6.10 Å². The van der Waals surface area contributed by atoms with Gasteiger partial charge in [-0.3, -0.25) is 14.9 Å². The van der Waals surface area contributed by atoms with Gasteiger partial charge in [0.25, 0.3) is 11.6 Å². The van der Waals surface area contributed by atoms with Crippen molar-refractivity contribution in [2.75, 3.05) is 11.1 Å². The number of non-ortho nitro benzene ring substituents is 1. The van der Waals surface area contributed by atoms with Crippen molar-refractivity contribution in [1.82, 2.24) is 0 Å². The molecule has 9 nitrogen and oxygen atoms in total. The zero-order valence-electron chi connectivity index (χ0n) is 14.4. The number of nitrogen functional groups attached to an aromatic ring is 1. The van der Waals surface area contributed by atoms with Crippen LogP contribution in [-0.4, -0.2) is 29.5 Å². The fourth-order valence-electron chi connectivity index (χ4n) is 2.12. The number of carbonyl (C=O) groups is 2. The molecule has 2 rings (SSSR count). The number of carbonyl (C=O) groups excluding carboxylic acids is 2. The number of alkyl halides is 2. The van der Waals surface area contributed by atoms with E-state index in [0.717, 1.165) is 18.2 Å². The summed E-state index contributed by atoms with van der Waals surface area (Å²) in [6.07, 6.45) is -1.36. The van der Waals surface area contributed by atoms with Crippen molar-refractivity contribution in [2.45, 2.75) is 19.6 Å². The van der Waals surface area contributed by atoms with E-state index in [2.05, 4.69) is 10.1 Å². The predicted molar refractivity (Wildman–Crippen MR) is 94.1 cm³/mol. The molecule has 0 aromatic heterocycles. The fraction of sp³-hybridized carbons (Fsp3) is 0.176. The molecule has 2 aromatic rings. The van der Waals surface area contributed by atoms with Crippen molar-refractivity contribution in [1.29, 1.82) is 0 Å². The highest BCUT2D eigenvalue weighted by Gasteiger charge is 2.23. The number of hydrogen-bond acceptors (Lipinski definition) is 7. The number of nitrogens with one attached hydrogen (secondary N) is 1. The molecule has 0 aliphatic heterocycles. The van der Waals surface area contributed by atoms with E-state index in [0.29, 0.717) is 0 Å². The lowest BCUT2D eigenvalue weighted by molar-refractivity contribution is -0.384. The molecule has 2 aromatic carbocycles. The Morgan fingerprint density at radius 1 is 1.21 bits per heavy atom. The van der Waals surface area contributed by atoms with E-state index >= 15 is 0 Å². The monoisotopic (exact) mass is 395 g/mol. The van der Waals surface area contributed by atoms with E-state index in [1.54, 1.807) is 0 Å². The Kier molecular flexibility index (Phi) is 6.42. The first-order valence-electron chi connectivity index (χ1n) is 7.78. The highest BCUT2D eigenvalue weighted by molar-refractivity contribution is 6.00. The second kappa shape index (κ2) is 8.75. The minimum Gasteiger partial charge on any atom is -0.449 e. The van der Waals surface area contributed by atoms with Gasteiger partial charge in [0, 0.05) is 17.8 Å². The molecule has 148 valence electrons. The number of hydrogen-bond donors (Lipinski definition) is 2. The van der Waals surface area contributed by atoms with Crippen molar-refractivity contribution in [3.8, 4) is 5.75 Å². The average Bonchev–Trinajstić information content (AvgIpc) is 2.62. The van der Waals surface area contributed by atoms with Gasteiger partial charge in [0.2, 0.25) is 0 Å². The fourth-order valence-corrected chi connectivity index (χ4v) is 2.12. The zero-order chi connectivity index (χ0) is 20.8. The molecule has 1 atom stereocenters. The van der Waals surface area contributed by atoms with Crippen LogP contribution in [0.25, 0.3) is 0 Å². The molecule has 11 heteroatoms. The Morgan fingerprint density at radius 3 is 2.54 bits per heavy atom. The Morgan fingerprint density at radius 2 is 1.89 bits per heavy atom. The predicted octanol–water partition coefficient (Wildman–Crippen LogP) is 2.96. The van der Waals surface area contributed by atoms with Gasteiger partial charge in [0.05, 0.1) is 16.2 Å². The van der Waals surface area contributed by atoms with E-state index in [9.17, 15) is 28.5 Å². The van der Waals surface area contributed by atoms with Crippen LogP contribution in [0.4, 0.5) is 25.8 Å². The molecular formula is C17H15F2N3O6. The summed E-state index contributed by atoms with van der Waals surface area (Å²) in [6, 6.07) is 8.66. The summed E-state index contributed by atoms with van der Waals surface area (Å²) in [6.45, 7) is -1.86. The molecule has 0 spiro atoms. The van der Waals surface area contributed by atoms with Crippen LogP contribution in [0.15, 0.2) is 42.5 Å². The second-order valence-corrected chi connectivity index (χ2v) is 5.44. The number of anilines is 2. The van der Waals surface area contributed by atoms with E-state index in [1.807, 2.05) is 0 Å². The number of ether oxygens (including phenoxy) is 2. The van der Waals surface area contributed by atoms with Gasteiger partial charge in [-0.25, -0.2) is 4.79 Å². The summed E-state index contributed by atoms with van der Waals surface area (Å²) in [5.41, 5.74) is 4.84. The van der Waals surface area contributed by atoms with Crippen LogP contribution in [0.3, 0.4) is 0 Å². The zero-order valence-corrected chi connectivity index (χ0v) is 14.4. The quantitative estimate of drug-likeness (QED) is 0.319. The summed E-state index contributed by atoms with van der Waals surface area (Å²) in [7, 11) is 0. The Balaban J connectivity index is 2.10. The number of nitro benzene ring substituents is 1. The van der Waals surface area contributed by atoms with Crippen LogP contribution >= 0.6 is 0 Å². The van der Waals surface area contributed by atoms with E-state index in [4.69, 9.17) is 10.5 Å². The lowest BCUT2D eigenvalue weighted by atomic mass is 10.1. The summed E-state index contributed by atoms with van der Waals surface area (Å²) in [4.78, 5) is 34.5. The topological polar surface area (TPSA) is 134 Å². The molecule has 1 unspecified atom stereocenters. The molecule has 1 amide bonds. The molecule has 28 heavy (non-hydrogen) atoms. The molecular weight excluding hydrogens is 380 g/mol. The van der Waals surface area contributed by atoms with Gasteiger partial charge < -0.3 is 20.5 Å². The van der Waals surface area contributed by atoms with Crippen molar-refractivity contribution in [3.05, 3.63) is 58.1 Å². The van der Waals surface area contributed by atoms with Crippen LogP contribution in [0.5, 0.6) is 5.75 Å². The van der Waals surface area contributed by atoms with Crippen LogP contribution in [0, 0.1) is 10.1 Å². The van der Waals surface area contributed by atoms with Gasteiger partial charge in [-0.15, -0.1) is 0 Å². The number of amides is 1. The number of benzene rings is 2. The minimum atomic E-state index is -3.09. The largest absolute Gasteiger partial charge is 0.449 e. The first kappa shape index (κ1) is 20.6. The number of esters is 1. The van der Waals surface area contributed by atoms with Crippen LogP contribution < -0.4 is 15.8 Å². The second-order valence-electron chi connectivity index (χ2n) is 5.44. The van der Waals surface area contributed by atoms with Gasteiger partial charge in [0.1, 0.15) is 5.75 Å². The lowest BCUT2D eigenvalue weighted by Gasteiger charge is -2.16. The molecule has 0 heterocycles. The number of rotatable bonds is 7. The van der Waals surface area contributed by atoms with Crippen LogP contribution in [-0.2, 0) is 9.53 Å². The van der Waals surface area contributed by atoms with Crippen LogP contribution in [0.2, 0.25) is 0 Å². The molecule has 0 saturated heterocycles. The van der Waals surface area contributed by atoms with Crippen LogP contribution in [0.1, 0.15) is 17.3 Å². The number of para-hydroxylation sites is 2. The normalized spacial score (nSPS) is 11.6. The smallest absolute Gasteiger partial charge is 0.387 e. The molecule has 3 N–H and O–H groups in total. The number of nitrogens with two attached hydrogens (primary N) is 1. The number of halogens is 2. The maximum atomic E-state index is 12.4. The molecule has 0 bridgehead atoms. The van der Waals surface area contributed by atoms with Crippen molar-refractivity contribution in [3.63, 3.8) is 0 Å². The summed E-state index contributed by atoms with van der Waals surface area (Å²) >= 11 is 0. The molecule has 0 radical (unpaired) electrons. The highest BCUT2D eigenvalue weighted by atomic mass is 19.3. The van der Waals surface area contributed by atoms with Crippen molar-refractivity contribution in [2.24, 2.45) is 0 Å². The van der Waals surface area contributed by atoms with E-state index < -0.39 is 29.5 Å². The SMILES string of the molecule is CC(OC(=O)c1cc([N+](=O)[O-])ccc1N)C(=O)Nc1ccccc1OC(F)F. The third-order valence-corrected chi connectivity index (χ3v) is 3.48. The lowest BCUT2D eigenvalue weighted by Crippen LogP contribution is -2.30. The third kappa shape index (κ3) is 5.13. The molecule has 0 aliphatic rings. The van der Waals surface area contributed by atoms with Crippen molar-refractivity contribution >= 4 is 28.9 Å². The van der Waals surface area contributed by atoms with E-state index in [-0.39, 0.29) is 28.4 Å². The standard InChI is InChI=1S/C17H15F2N3O6/c1-9(15(23)21-13-4-2-3-5-14(13)28-17(18)19)27-16(24)11-8-10(22(25)26)6-7-12(11)20/h2-9,17H,20H2,1H3,(H,21,23). The molecule has 0 fully saturated rings. The van der Waals surface area contributed by atoms with Gasteiger partial charge in [-0.05, 0) is 25.1 Å². The number of nitrogens with zero attached hydrogens (tertiary/aromatic N) is 1. The van der Waals surface area contributed by atoms with E-state index in [1.165, 1.54) is 31.2 Å². The third-order valence-electron chi connectivity index (χ3n) is 3.48. The maximum Gasteiger partial charge on any atom is 0.387 e. The van der Waals surface area contributed by atoms with Gasteiger partial charge >= 0.3 is 12.6 Å². The van der Waals surface area contributed by atoms with Gasteiger partial charge in [-0.2, -0.15) is 8.78 Å². The Bertz CT molecular complexity index is 906. The molecule has 0 aliphatic carbocycles. The first-order valence-corrected chi connectivity index (χ1v) is 7.78. The van der Waals surface area contributed by atoms with Gasteiger partial charge in [-0.1, -0.05) is 12.1 Å². The minimum absolute atomic E-state index is 0.0504.